The van der Waals surface area contributed by atoms with Crippen molar-refractivity contribution in [2.75, 3.05) is 13.7 Å². The van der Waals surface area contributed by atoms with Crippen LogP contribution in [-0.4, -0.2) is 36.4 Å². The van der Waals surface area contributed by atoms with Gasteiger partial charge in [0.1, 0.15) is 11.8 Å². The number of carbonyl (C=O) groups is 2. The van der Waals surface area contributed by atoms with E-state index in [-0.39, 0.29) is 30.5 Å². The maximum absolute atomic E-state index is 13.4. The molecule has 0 fully saturated rings. The van der Waals surface area contributed by atoms with Crippen molar-refractivity contribution in [1.82, 2.24) is 10.2 Å². The first kappa shape index (κ1) is 26.2. The summed E-state index contributed by atoms with van der Waals surface area (Å²) in [4.78, 5) is 27.8. The van der Waals surface area contributed by atoms with Crippen molar-refractivity contribution in [2.45, 2.75) is 19.0 Å². The average Bonchev–Trinajstić information content (AvgIpc) is 2.82. The molecule has 3 rings (SSSR count). The Hall–Kier alpha value is -2.44. The number of rotatable bonds is 9. The normalized spacial score (nSPS) is 11.6. The zero-order valence-corrected chi connectivity index (χ0v) is 21.3. The van der Waals surface area contributed by atoms with Gasteiger partial charge in [0.25, 0.3) is 5.91 Å². The first-order valence-electron chi connectivity index (χ1n) is 10.4. The van der Waals surface area contributed by atoms with E-state index in [1.807, 2.05) is 30.3 Å². The van der Waals surface area contributed by atoms with Gasteiger partial charge in [-0.2, -0.15) is 0 Å². The van der Waals surface area contributed by atoms with Crippen molar-refractivity contribution >= 4 is 58.2 Å². The Labute approximate surface area is 218 Å². The lowest BCUT2D eigenvalue weighted by molar-refractivity contribution is -0.142. The molecule has 0 aromatic heterocycles. The van der Waals surface area contributed by atoms with Crippen molar-refractivity contribution < 1.29 is 14.3 Å². The Kier molecular flexibility index (Phi) is 9.48. The number of carbonyl (C=O) groups excluding carboxylic acids is 2. The van der Waals surface area contributed by atoms with Crippen LogP contribution in [0.2, 0.25) is 20.1 Å². The highest BCUT2D eigenvalue weighted by atomic mass is 35.5. The van der Waals surface area contributed by atoms with E-state index >= 15 is 0 Å². The van der Waals surface area contributed by atoms with Crippen LogP contribution >= 0.6 is 46.4 Å². The fourth-order valence-corrected chi connectivity index (χ4v) is 4.37. The van der Waals surface area contributed by atoms with E-state index in [9.17, 15) is 9.59 Å². The fourth-order valence-electron chi connectivity index (χ4n) is 3.39. The predicted octanol–water partition coefficient (Wildman–Crippen LogP) is 6.07. The van der Waals surface area contributed by atoms with Crippen LogP contribution < -0.4 is 10.1 Å². The minimum atomic E-state index is -0.837. The van der Waals surface area contributed by atoms with Crippen LogP contribution in [0.4, 0.5) is 0 Å². The van der Waals surface area contributed by atoms with Gasteiger partial charge in [0, 0.05) is 40.6 Å². The molecule has 3 aromatic rings. The molecular weight excluding hydrogens is 518 g/mol. The van der Waals surface area contributed by atoms with E-state index in [2.05, 4.69) is 5.32 Å². The topological polar surface area (TPSA) is 58.6 Å². The highest BCUT2D eigenvalue weighted by Gasteiger charge is 2.31. The van der Waals surface area contributed by atoms with Gasteiger partial charge in [-0.1, -0.05) is 82.8 Å². The van der Waals surface area contributed by atoms with Crippen molar-refractivity contribution in [3.8, 4) is 5.75 Å². The average molecular weight is 540 g/mol. The van der Waals surface area contributed by atoms with Crippen LogP contribution in [0.25, 0.3) is 0 Å². The van der Waals surface area contributed by atoms with Crippen LogP contribution in [0, 0.1) is 0 Å². The molecule has 0 aliphatic rings. The summed E-state index contributed by atoms with van der Waals surface area (Å²) >= 11 is 24.9. The van der Waals surface area contributed by atoms with E-state index in [4.69, 9.17) is 51.1 Å². The lowest BCUT2D eigenvalue weighted by atomic mass is 10.0. The zero-order valence-electron chi connectivity index (χ0n) is 18.2. The number of halogens is 4. The van der Waals surface area contributed by atoms with Crippen molar-refractivity contribution in [1.29, 1.82) is 0 Å². The molecule has 1 N–H and O–H groups in total. The van der Waals surface area contributed by atoms with E-state index in [1.165, 1.54) is 18.0 Å². The molecule has 0 aliphatic heterocycles. The lowest BCUT2D eigenvalue weighted by Gasteiger charge is -2.31. The molecule has 0 bridgehead atoms. The number of hydrogen-bond donors (Lipinski definition) is 1. The number of likely N-dealkylation sites (N-methyl/N-ethyl adjacent to an activating group) is 1. The third-order valence-electron chi connectivity index (χ3n) is 5.15. The third kappa shape index (κ3) is 6.80. The summed E-state index contributed by atoms with van der Waals surface area (Å²) in [7, 11) is 1.52. The Bertz CT molecular complexity index is 1140. The number of nitrogens with one attached hydrogen (secondary N) is 1. The molecule has 9 heteroatoms. The third-order valence-corrected chi connectivity index (χ3v) is 6.39. The second-order valence-electron chi connectivity index (χ2n) is 7.41. The Morgan fingerprint density at radius 1 is 0.912 bits per heavy atom. The van der Waals surface area contributed by atoms with Gasteiger partial charge in [0.05, 0.1) is 5.02 Å². The maximum Gasteiger partial charge on any atom is 0.261 e. The molecule has 178 valence electrons. The van der Waals surface area contributed by atoms with E-state index in [0.717, 1.165) is 5.56 Å². The molecule has 0 saturated heterocycles. The molecule has 0 radical (unpaired) electrons. The molecule has 1 atom stereocenters. The van der Waals surface area contributed by atoms with Crippen molar-refractivity contribution in [3.63, 3.8) is 0 Å². The number of benzene rings is 3. The van der Waals surface area contributed by atoms with Crippen LogP contribution in [-0.2, 0) is 22.6 Å². The quantitative estimate of drug-likeness (QED) is 0.359. The number of nitrogens with zero attached hydrogens (tertiary/aromatic N) is 1. The Morgan fingerprint density at radius 2 is 1.59 bits per heavy atom. The van der Waals surface area contributed by atoms with Crippen LogP contribution in [0.5, 0.6) is 5.75 Å². The molecule has 2 amide bonds. The minimum Gasteiger partial charge on any atom is -0.482 e. The maximum atomic E-state index is 13.4. The summed E-state index contributed by atoms with van der Waals surface area (Å²) in [5, 5.41) is 4.15. The van der Waals surface area contributed by atoms with Gasteiger partial charge in [-0.15, -0.1) is 0 Å². The van der Waals surface area contributed by atoms with Crippen molar-refractivity contribution in [3.05, 3.63) is 97.9 Å². The van der Waals surface area contributed by atoms with Gasteiger partial charge < -0.3 is 15.0 Å². The van der Waals surface area contributed by atoms with Gasteiger partial charge in [0.2, 0.25) is 5.91 Å². The van der Waals surface area contributed by atoms with Crippen LogP contribution in [0.3, 0.4) is 0 Å². The molecule has 3 aromatic carbocycles. The highest BCUT2D eigenvalue weighted by Crippen LogP contribution is 2.29. The summed E-state index contributed by atoms with van der Waals surface area (Å²) in [5.74, 6) is -0.467. The Morgan fingerprint density at radius 3 is 2.21 bits per heavy atom. The van der Waals surface area contributed by atoms with Crippen molar-refractivity contribution in [2.24, 2.45) is 0 Å². The summed E-state index contributed by atoms with van der Waals surface area (Å²) in [5.41, 5.74) is 1.42. The van der Waals surface area contributed by atoms with Crippen LogP contribution in [0.15, 0.2) is 66.7 Å². The first-order chi connectivity index (χ1) is 16.3. The van der Waals surface area contributed by atoms with Gasteiger partial charge in [-0.3, -0.25) is 9.59 Å². The molecule has 0 aliphatic carbocycles. The van der Waals surface area contributed by atoms with Gasteiger partial charge in [-0.25, -0.2) is 0 Å². The first-order valence-corrected chi connectivity index (χ1v) is 11.9. The van der Waals surface area contributed by atoms with Gasteiger partial charge in [0.15, 0.2) is 6.61 Å². The minimum absolute atomic E-state index is 0.0139. The second-order valence-corrected chi connectivity index (χ2v) is 9.06. The lowest BCUT2D eigenvalue weighted by Crippen LogP contribution is -2.51. The standard InChI is InChI=1S/C25H22Cl4N2O3/c1-30-25(33)22(12-16-6-3-2-4-7-16)31(14-18-19(27)8-5-9-20(18)28)24(32)15-34-23-11-10-17(26)13-21(23)29/h2-11,13,22H,12,14-15H2,1H3,(H,30,33)/t22-/m0/s1. The summed E-state index contributed by atoms with van der Waals surface area (Å²) < 4.78 is 5.67. The highest BCUT2D eigenvalue weighted by molar-refractivity contribution is 6.36. The predicted molar refractivity (Wildman–Crippen MR) is 137 cm³/mol. The number of ether oxygens (including phenoxy) is 1. The molecular formula is C25H22Cl4N2O3. The Balaban J connectivity index is 1.93. The van der Waals surface area contributed by atoms with Gasteiger partial charge >= 0.3 is 0 Å². The molecule has 0 saturated carbocycles. The number of hydrogen-bond acceptors (Lipinski definition) is 3. The van der Waals surface area contributed by atoms with E-state index in [0.29, 0.717) is 26.4 Å². The molecule has 34 heavy (non-hydrogen) atoms. The van der Waals surface area contributed by atoms with E-state index < -0.39 is 11.9 Å². The summed E-state index contributed by atoms with van der Waals surface area (Å²) in [6, 6.07) is 18.4. The SMILES string of the molecule is CNC(=O)[C@H](Cc1ccccc1)N(Cc1c(Cl)cccc1Cl)C(=O)COc1ccc(Cl)cc1Cl. The summed E-state index contributed by atoms with van der Waals surface area (Å²) in [6.45, 7) is -0.342. The second kappa shape index (κ2) is 12.3. The molecule has 5 nitrogen and oxygen atoms in total. The fraction of sp³-hybridized carbons (Fsp3) is 0.200. The molecule has 0 heterocycles. The molecule has 0 spiro atoms. The smallest absolute Gasteiger partial charge is 0.261 e. The van der Waals surface area contributed by atoms with E-state index in [1.54, 1.807) is 30.3 Å². The summed E-state index contributed by atoms with van der Waals surface area (Å²) in [6.07, 6.45) is 0.288. The van der Waals surface area contributed by atoms with Gasteiger partial charge in [-0.05, 0) is 35.9 Å². The molecule has 0 unspecified atom stereocenters. The monoisotopic (exact) mass is 538 g/mol. The zero-order chi connectivity index (χ0) is 24.7. The largest absolute Gasteiger partial charge is 0.482 e. The number of amides is 2. The van der Waals surface area contributed by atoms with Crippen LogP contribution in [0.1, 0.15) is 11.1 Å².